The Morgan fingerprint density at radius 3 is 2.50 bits per heavy atom. The highest BCUT2D eigenvalue weighted by Gasteiger charge is 1.95. The van der Waals surface area contributed by atoms with Crippen LogP contribution in [0.25, 0.3) is 0 Å². The number of thioether (sulfide) groups is 2. The van der Waals surface area contributed by atoms with Crippen molar-refractivity contribution < 1.29 is 0 Å². The highest BCUT2D eigenvalue weighted by atomic mass is 32.2. The van der Waals surface area contributed by atoms with E-state index in [9.17, 15) is 0 Å². The molecular weight excluding hydrogens is 136 g/mol. The Morgan fingerprint density at radius 1 is 1.50 bits per heavy atom. The SMILES string of the molecule is CS[CH]CC(C)SC. The van der Waals surface area contributed by atoms with Crippen LogP contribution in [-0.2, 0) is 0 Å². The molecule has 0 nitrogen and oxygen atoms in total. The first-order chi connectivity index (χ1) is 3.81. The molecule has 1 radical (unpaired) electrons. The zero-order valence-corrected chi connectivity index (χ0v) is 7.31. The lowest BCUT2D eigenvalue weighted by Crippen LogP contribution is -1.91. The van der Waals surface area contributed by atoms with Gasteiger partial charge in [-0.1, -0.05) is 6.92 Å². The summed E-state index contributed by atoms with van der Waals surface area (Å²) in [7, 11) is 0. The quantitative estimate of drug-likeness (QED) is 0.602. The van der Waals surface area contributed by atoms with Gasteiger partial charge in [0.05, 0.1) is 0 Å². The minimum absolute atomic E-state index is 0.794. The van der Waals surface area contributed by atoms with E-state index in [1.54, 1.807) is 11.8 Å². The second-order valence-corrected chi connectivity index (χ2v) is 3.77. The van der Waals surface area contributed by atoms with Crippen molar-refractivity contribution in [2.45, 2.75) is 18.6 Å². The molecule has 0 aromatic carbocycles. The summed E-state index contributed by atoms with van der Waals surface area (Å²) in [5.41, 5.74) is 0. The van der Waals surface area contributed by atoms with Crippen molar-refractivity contribution >= 4 is 23.5 Å². The lowest BCUT2D eigenvalue weighted by atomic mass is 10.4. The van der Waals surface area contributed by atoms with Gasteiger partial charge in [0.1, 0.15) is 0 Å². The zero-order valence-electron chi connectivity index (χ0n) is 5.68. The second-order valence-electron chi connectivity index (χ2n) is 1.68. The van der Waals surface area contributed by atoms with Crippen LogP contribution in [0.15, 0.2) is 0 Å². The molecule has 0 fully saturated rings. The maximum absolute atomic E-state index is 2.25. The van der Waals surface area contributed by atoms with Gasteiger partial charge in [-0.2, -0.15) is 23.5 Å². The Kier molecular flexibility index (Phi) is 6.34. The smallest absolute Gasteiger partial charge is 0.0174 e. The first-order valence-electron chi connectivity index (χ1n) is 2.68. The molecule has 0 aromatic heterocycles. The van der Waals surface area contributed by atoms with Gasteiger partial charge in [0.2, 0.25) is 0 Å². The van der Waals surface area contributed by atoms with Gasteiger partial charge >= 0.3 is 0 Å². The van der Waals surface area contributed by atoms with Crippen molar-refractivity contribution in [3.05, 3.63) is 5.75 Å². The molecule has 0 rings (SSSR count). The summed E-state index contributed by atoms with van der Waals surface area (Å²) in [6.45, 7) is 2.25. The molecule has 0 aromatic rings. The average molecular weight is 149 g/mol. The van der Waals surface area contributed by atoms with E-state index >= 15 is 0 Å². The lowest BCUT2D eigenvalue weighted by molar-refractivity contribution is 0.970. The van der Waals surface area contributed by atoms with Crippen LogP contribution in [0.1, 0.15) is 13.3 Å². The van der Waals surface area contributed by atoms with Crippen LogP contribution in [0.4, 0.5) is 0 Å². The minimum Gasteiger partial charge on any atom is -0.162 e. The molecule has 1 atom stereocenters. The highest BCUT2D eigenvalue weighted by Crippen LogP contribution is 2.14. The van der Waals surface area contributed by atoms with Gasteiger partial charge in [-0.05, 0) is 18.9 Å². The molecule has 0 bridgehead atoms. The van der Waals surface area contributed by atoms with E-state index < -0.39 is 0 Å². The molecule has 0 saturated carbocycles. The van der Waals surface area contributed by atoms with Gasteiger partial charge in [-0.3, -0.25) is 0 Å². The fourth-order valence-corrected chi connectivity index (χ4v) is 1.22. The zero-order chi connectivity index (χ0) is 6.41. The molecule has 1 unspecified atom stereocenters. The van der Waals surface area contributed by atoms with Crippen LogP contribution in [0, 0.1) is 5.75 Å². The van der Waals surface area contributed by atoms with Crippen LogP contribution in [-0.4, -0.2) is 17.8 Å². The van der Waals surface area contributed by atoms with E-state index in [2.05, 4.69) is 25.2 Å². The second kappa shape index (κ2) is 5.83. The molecule has 0 aliphatic carbocycles. The Hall–Kier alpha value is 0.700. The number of hydrogen-bond donors (Lipinski definition) is 0. The summed E-state index contributed by atoms with van der Waals surface area (Å²) < 4.78 is 0. The van der Waals surface area contributed by atoms with Gasteiger partial charge in [-0.25, -0.2) is 0 Å². The topological polar surface area (TPSA) is 0 Å². The summed E-state index contributed by atoms with van der Waals surface area (Å²) in [4.78, 5) is 0. The molecule has 0 amide bonds. The molecule has 2 heteroatoms. The monoisotopic (exact) mass is 149 g/mol. The first-order valence-corrected chi connectivity index (χ1v) is 5.26. The van der Waals surface area contributed by atoms with Gasteiger partial charge in [-0.15, -0.1) is 0 Å². The largest absolute Gasteiger partial charge is 0.162 e. The molecule has 0 N–H and O–H groups in total. The molecule has 0 aliphatic heterocycles. The Morgan fingerprint density at radius 2 is 2.12 bits per heavy atom. The summed E-state index contributed by atoms with van der Waals surface area (Å²) >= 11 is 3.73. The predicted octanol–water partition coefficient (Wildman–Crippen LogP) is 2.65. The third-order valence-electron chi connectivity index (χ3n) is 0.997. The molecule has 0 saturated heterocycles. The van der Waals surface area contributed by atoms with Gasteiger partial charge < -0.3 is 0 Å². The van der Waals surface area contributed by atoms with E-state index in [0.29, 0.717) is 0 Å². The normalized spacial score (nSPS) is 13.9. The minimum atomic E-state index is 0.794. The molecule has 0 heterocycles. The van der Waals surface area contributed by atoms with Crippen molar-refractivity contribution in [3.8, 4) is 0 Å². The lowest BCUT2D eigenvalue weighted by Gasteiger charge is -2.03. The number of hydrogen-bond acceptors (Lipinski definition) is 2. The Balaban J connectivity index is 2.86. The van der Waals surface area contributed by atoms with Crippen LogP contribution < -0.4 is 0 Å². The van der Waals surface area contributed by atoms with Crippen molar-refractivity contribution in [3.63, 3.8) is 0 Å². The van der Waals surface area contributed by atoms with Crippen molar-refractivity contribution in [1.29, 1.82) is 0 Å². The van der Waals surface area contributed by atoms with Crippen LogP contribution in [0.5, 0.6) is 0 Å². The van der Waals surface area contributed by atoms with Crippen LogP contribution in [0.3, 0.4) is 0 Å². The number of rotatable bonds is 4. The molecule has 0 aliphatic rings. The fraction of sp³-hybridized carbons (Fsp3) is 0.833. The van der Waals surface area contributed by atoms with E-state index in [0.717, 1.165) is 5.25 Å². The highest BCUT2D eigenvalue weighted by molar-refractivity contribution is 8.01. The standard InChI is InChI=1S/C6H13S2/c1-6(8-3)4-5-7-2/h5-6H,4H2,1-3H3. The van der Waals surface area contributed by atoms with Gasteiger partial charge in [0, 0.05) is 11.0 Å². The maximum atomic E-state index is 2.25. The van der Waals surface area contributed by atoms with Crippen molar-refractivity contribution in [1.82, 2.24) is 0 Å². The molecule has 8 heavy (non-hydrogen) atoms. The van der Waals surface area contributed by atoms with E-state index in [1.807, 2.05) is 11.8 Å². The van der Waals surface area contributed by atoms with E-state index in [-0.39, 0.29) is 0 Å². The Bertz CT molecular complexity index is 45.8. The first kappa shape index (κ1) is 8.70. The summed E-state index contributed by atoms with van der Waals surface area (Å²) in [6, 6.07) is 0. The van der Waals surface area contributed by atoms with Crippen molar-refractivity contribution in [2.24, 2.45) is 0 Å². The molecule has 49 valence electrons. The predicted molar refractivity (Wildman–Crippen MR) is 45.4 cm³/mol. The third kappa shape index (κ3) is 4.85. The van der Waals surface area contributed by atoms with Crippen molar-refractivity contribution in [2.75, 3.05) is 12.5 Å². The third-order valence-corrected chi connectivity index (χ3v) is 2.52. The molecule has 0 spiro atoms. The Labute approximate surface area is 60.8 Å². The summed E-state index contributed by atoms with van der Waals surface area (Å²) in [5, 5.41) is 0.794. The summed E-state index contributed by atoms with van der Waals surface area (Å²) in [5.74, 6) is 2.25. The maximum Gasteiger partial charge on any atom is 0.0174 e. The van der Waals surface area contributed by atoms with E-state index in [1.165, 1.54) is 6.42 Å². The molecular formula is C6H13S2. The van der Waals surface area contributed by atoms with E-state index in [4.69, 9.17) is 0 Å². The van der Waals surface area contributed by atoms with Gasteiger partial charge in [0.25, 0.3) is 0 Å². The van der Waals surface area contributed by atoms with Crippen LogP contribution in [0.2, 0.25) is 0 Å². The van der Waals surface area contributed by atoms with Gasteiger partial charge in [0.15, 0.2) is 0 Å². The fourth-order valence-electron chi connectivity index (χ4n) is 0.328. The average Bonchev–Trinajstić information content (AvgIpc) is 1.83. The summed E-state index contributed by atoms with van der Waals surface area (Å²) in [6.07, 6.45) is 5.48. The van der Waals surface area contributed by atoms with Crippen LogP contribution >= 0.6 is 23.5 Å².